The first-order chi connectivity index (χ1) is 22.6. The third kappa shape index (κ3) is 5.05. The zero-order valence-corrected chi connectivity index (χ0v) is 27.1. The molecule has 0 radical (unpaired) electrons. The molecule has 0 saturated heterocycles. The summed E-state index contributed by atoms with van der Waals surface area (Å²) in [4.78, 5) is 0. The molecule has 2 aromatic rings. The molecule has 2 aromatic carbocycles. The van der Waals surface area contributed by atoms with Gasteiger partial charge in [-0.05, 0) is 136 Å². The molecular formula is C40H48O6. The summed E-state index contributed by atoms with van der Waals surface area (Å²) in [5.41, 5.74) is 3.76. The maximum Gasteiger partial charge on any atom is 0.164 e. The average Bonchev–Trinajstić information content (AvgIpc) is 3.96. The molecule has 0 aromatic heterocycles. The summed E-state index contributed by atoms with van der Waals surface area (Å²) in [6.07, 6.45) is 20.3. The lowest BCUT2D eigenvalue weighted by molar-refractivity contribution is -0.0184. The average molecular weight is 625 g/mol. The van der Waals surface area contributed by atoms with Gasteiger partial charge in [0.2, 0.25) is 0 Å². The van der Waals surface area contributed by atoms with Crippen molar-refractivity contribution in [2.45, 2.75) is 87.9 Å². The van der Waals surface area contributed by atoms with E-state index in [0.717, 1.165) is 58.5 Å². The lowest BCUT2D eigenvalue weighted by Gasteiger charge is -2.61. The van der Waals surface area contributed by atoms with Gasteiger partial charge >= 0.3 is 0 Å². The van der Waals surface area contributed by atoms with Gasteiger partial charge in [-0.3, -0.25) is 0 Å². The summed E-state index contributed by atoms with van der Waals surface area (Å²) >= 11 is 0. The third-order valence-electron chi connectivity index (χ3n) is 13.3. The summed E-state index contributed by atoms with van der Waals surface area (Å²) in [6, 6.07) is 9.24. The molecule has 8 aliphatic carbocycles. The second kappa shape index (κ2) is 10.9. The molecule has 10 aliphatic rings. The molecule has 2 aliphatic heterocycles. The quantitative estimate of drug-likeness (QED) is 0.197. The van der Waals surface area contributed by atoms with Crippen molar-refractivity contribution in [3.8, 4) is 11.5 Å². The summed E-state index contributed by atoms with van der Waals surface area (Å²) in [5, 5.41) is 2.42. The van der Waals surface area contributed by atoms with Gasteiger partial charge in [-0.2, -0.15) is 0 Å². The van der Waals surface area contributed by atoms with Crippen LogP contribution in [0.5, 0.6) is 11.5 Å². The minimum atomic E-state index is 0.231. The second-order valence-corrected chi connectivity index (χ2v) is 16.6. The van der Waals surface area contributed by atoms with Gasteiger partial charge in [0.1, 0.15) is 50.5 Å². The number of rotatable bonds is 14. The van der Waals surface area contributed by atoms with Crippen molar-refractivity contribution in [3.05, 3.63) is 59.4 Å². The monoisotopic (exact) mass is 624 g/mol. The van der Waals surface area contributed by atoms with E-state index >= 15 is 0 Å². The summed E-state index contributed by atoms with van der Waals surface area (Å²) in [6.45, 7) is 3.19. The highest BCUT2D eigenvalue weighted by atomic mass is 16.6. The Morgan fingerprint density at radius 2 is 1.09 bits per heavy atom. The van der Waals surface area contributed by atoms with Crippen molar-refractivity contribution in [1.82, 2.24) is 0 Å². The minimum absolute atomic E-state index is 0.231. The van der Waals surface area contributed by atoms with Crippen molar-refractivity contribution in [2.75, 3.05) is 39.6 Å². The molecule has 6 nitrogen and oxygen atoms in total. The van der Waals surface area contributed by atoms with E-state index in [9.17, 15) is 0 Å². The molecule has 244 valence electrons. The van der Waals surface area contributed by atoms with Crippen LogP contribution in [-0.4, -0.2) is 39.6 Å². The molecule has 0 spiro atoms. The Bertz CT molecular complexity index is 1520. The number of hydrogen-bond acceptors (Lipinski definition) is 6. The highest BCUT2D eigenvalue weighted by Gasteiger charge is 2.57. The predicted octanol–water partition coefficient (Wildman–Crippen LogP) is 8.31. The number of ether oxygens (including phenoxy) is 6. The second-order valence-electron chi connectivity index (χ2n) is 16.6. The van der Waals surface area contributed by atoms with Gasteiger partial charge in [-0.1, -0.05) is 12.1 Å². The lowest BCUT2D eigenvalue weighted by Crippen LogP contribution is -2.52. The van der Waals surface area contributed by atoms with Gasteiger partial charge in [-0.15, -0.1) is 0 Å². The van der Waals surface area contributed by atoms with Crippen LogP contribution in [-0.2, 0) is 29.8 Å². The number of benzene rings is 2. The van der Waals surface area contributed by atoms with Crippen LogP contribution in [0.4, 0.5) is 0 Å². The zero-order valence-electron chi connectivity index (χ0n) is 27.1. The Labute approximate surface area is 272 Å². The maximum atomic E-state index is 7.09. The van der Waals surface area contributed by atoms with Crippen LogP contribution in [0.25, 0.3) is 10.8 Å². The first kappa shape index (κ1) is 28.3. The smallest absolute Gasteiger partial charge is 0.164 e. The van der Waals surface area contributed by atoms with Crippen LogP contribution in [0.1, 0.15) is 88.2 Å². The Morgan fingerprint density at radius 1 is 0.587 bits per heavy atom. The molecule has 8 bridgehead atoms. The molecule has 0 amide bonds. The van der Waals surface area contributed by atoms with E-state index in [1.54, 1.807) is 23.7 Å². The highest BCUT2D eigenvalue weighted by molar-refractivity contribution is 5.96. The Kier molecular flexibility index (Phi) is 6.72. The standard InChI is InChI=1S/C40H48O6/c1-2-33-34(36(3-1)43-6-4-41-21-31-23-45-31)14-35(39-15-25-8-26(16-39)10-27(9-25)17-39)37(38(33)44-7-5-42-22-32-24-46-32)40-18-28-11-29(19-40)13-30(12-28)20-40/h1-3,14,23-30H,4-13,15-22H2. The van der Waals surface area contributed by atoms with Crippen molar-refractivity contribution >= 4 is 10.8 Å². The topological polar surface area (TPSA) is 62.0 Å². The zero-order chi connectivity index (χ0) is 30.3. The van der Waals surface area contributed by atoms with E-state index in [2.05, 4.69) is 24.3 Å². The molecule has 8 fully saturated rings. The fourth-order valence-electron chi connectivity index (χ4n) is 12.4. The molecular weight excluding hydrogens is 576 g/mol. The van der Waals surface area contributed by atoms with Gasteiger partial charge < -0.3 is 28.4 Å². The Balaban J connectivity index is 1.09. The van der Waals surface area contributed by atoms with Crippen molar-refractivity contribution in [1.29, 1.82) is 0 Å². The number of fused-ring (bicyclic) bond motifs is 1. The van der Waals surface area contributed by atoms with Crippen molar-refractivity contribution in [3.63, 3.8) is 0 Å². The molecule has 6 heteroatoms. The fraction of sp³-hybridized carbons (Fsp3) is 0.650. The van der Waals surface area contributed by atoms with Crippen molar-refractivity contribution in [2.24, 2.45) is 35.5 Å². The minimum Gasteiger partial charge on any atom is -0.491 e. The van der Waals surface area contributed by atoms with Gasteiger partial charge in [0.05, 0.1) is 13.2 Å². The Morgan fingerprint density at radius 3 is 1.61 bits per heavy atom. The van der Waals surface area contributed by atoms with Crippen LogP contribution in [0.2, 0.25) is 0 Å². The van der Waals surface area contributed by atoms with E-state index in [0.29, 0.717) is 39.6 Å². The molecule has 46 heavy (non-hydrogen) atoms. The van der Waals surface area contributed by atoms with Crippen LogP contribution >= 0.6 is 0 Å². The van der Waals surface area contributed by atoms with E-state index in [4.69, 9.17) is 28.4 Å². The van der Waals surface area contributed by atoms with Crippen LogP contribution in [0, 0.1) is 35.5 Å². The SMILES string of the molecule is C1=C(COCCOc2cccc3c(OCCOCC4=CO4)c(C45CC6CC(CC(C6)C4)C5)c(C45CC6CC(CC(C6)C4)C5)cc23)O1. The molecule has 0 atom stereocenters. The first-order valence-corrected chi connectivity index (χ1v) is 18.3. The van der Waals surface area contributed by atoms with Gasteiger partial charge in [-0.25, -0.2) is 0 Å². The summed E-state index contributed by atoms with van der Waals surface area (Å²) in [7, 11) is 0. The fourth-order valence-corrected chi connectivity index (χ4v) is 12.4. The third-order valence-corrected chi connectivity index (χ3v) is 13.3. The van der Waals surface area contributed by atoms with Gasteiger partial charge in [0.15, 0.2) is 11.5 Å². The Hall–Kier alpha value is -2.70. The molecule has 2 heterocycles. The predicted molar refractivity (Wildman–Crippen MR) is 175 cm³/mol. The lowest BCUT2D eigenvalue weighted by atomic mass is 9.44. The molecule has 0 N–H and O–H groups in total. The molecule has 8 saturated carbocycles. The number of hydrogen-bond donors (Lipinski definition) is 0. The van der Waals surface area contributed by atoms with E-state index < -0.39 is 0 Å². The first-order valence-electron chi connectivity index (χ1n) is 18.3. The van der Waals surface area contributed by atoms with Crippen LogP contribution in [0.3, 0.4) is 0 Å². The molecule has 12 rings (SSSR count). The van der Waals surface area contributed by atoms with Gasteiger partial charge in [0, 0.05) is 21.8 Å². The van der Waals surface area contributed by atoms with Crippen molar-refractivity contribution < 1.29 is 28.4 Å². The van der Waals surface area contributed by atoms with E-state index in [1.807, 2.05) is 0 Å². The summed E-state index contributed by atoms with van der Waals surface area (Å²) in [5.74, 6) is 9.22. The largest absolute Gasteiger partial charge is 0.491 e. The maximum absolute atomic E-state index is 7.09. The normalized spacial score (nSPS) is 37.1. The van der Waals surface area contributed by atoms with E-state index in [-0.39, 0.29) is 10.8 Å². The molecule has 0 unspecified atom stereocenters. The van der Waals surface area contributed by atoms with E-state index in [1.165, 1.54) is 87.8 Å². The highest BCUT2D eigenvalue weighted by Crippen LogP contribution is 2.67. The van der Waals surface area contributed by atoms with Gasteiger partial charge in [0.25, 0.3) is 0 Å². The van der Waals surface area contributed by atoms with Crippen LogP contribution in [0.15, 0.2) is 48.3 Å². The van der Waals surface area contributed by atoms with Crippen LogP contribution < -0.4 is 9.47 Å². The summed E-state index contributed by atoms with van der Waals surface area (Å²) < 4.78 is 35.7.